The molecule has 72 valence electrons. The normalized spacial score (nSPS) is 11.4. The zero-order valence-corrected chi connectivity index (χ0v) is 6.70. The molecule has 0 heterocycles. The molecule has 0 aromatic rings. The number of rotatable bonds is 5. The van der Waals surface area contributed by atoms with Crippen LogP contribution in [-0.4, -0.2) is 40.2 Å². The number of hydrogen-bond donors (Lipinski definition) is 3. The van der Waals surface area contributed by atoms with Crippen LogP contribution in [-0.2, 0) is 9.59 Å². The lowest BCUT2D eigenvalue weighted by Gasteiger charge is -2.08. The van der Waals surface area contributed by atoms with Crippen molar-refractivity contribution in [3.8, 4) is 0 Å². The van der Waals surface area contributed by atoms with Crippen LogP contribution in [0.5, 0.6) is 0 Å². The zero-order valence-electron chi connectivity index (χ0n) is 6.70. The van der Waals surface area contributed by atoms with Gasteiger partial charge in [0.15, 0.2) is 0 Å². The SMILES string of the molecule is CCC(NCC(=O)O)C(=O)O.O. The highest BCUT2D eigenvalue weighted by atomic mass is 16.4. The molecule has 0 saturated heterocycles. The van der Waals surface area contributed by atoms with Gasteiger partial charge in [-0.05, 0) is 6.42 Å². The minimum absolute atomic E-state index is 0. The standard InChI is InChI=1S/C6H11NO4.H2O/c1-2-4(6(10)11)7-3-5(8)9;/h4,7H,2-3H2,1H3,(H,8,9)(H,10,11);1H2. The lowest BCUT2D eigenvalue weighted by atomic mass is 10.2. The van der Waals surface area contributed by atoms with Crippen LogP contribution in [0.4, 0.5) is 0 Å². The van der Waals surface area contributed by atoms with Gasteiger partial charge in [-0.25, -0.2) is 0 Å². The molecule has 6 heteroatoms. The summed E-state index contributed by atoms with van der Waals surface area (Å²) < 4.78 is 0. The molecule has 0 aliphatic rings. The number of aliphatic carboxylic acids is 2. The highest BCUT2D eigenvalue weighted by molar-refractivity contribution is 5.75. The molecule has 0 radical (unpaired) electrons. The predicted molar refractivity (Wildman–Crippen MR) is 41.0 cm³/mol. The molecule has 0 aromatic carbocycles. The summed E-state index contributed by atoms with van der Waals surface area (Å²) in [6.07, 6.45) is 0.378. The van der Waals surface area contributed by atoms with Gasteiger partial charge in [-0.1, -0.05) is 6.92 Å². The first-order valence-corrected chi connectivity index (χ1v) is 3.26. The quantitative estimate of drug-likeness (QED) is 0.484. The highest BCUT2D eigenvalue weighted by Gasteiger charge is 2.14. The molecule has 0 rings (SSSR count). The van der Waals surface area contributed by atoms with Crippen LogP contribution in [0.1, 0.15) is 13.3 Å². The van der Waals surface area contributed by atoms with E-state index in [0.717, 1.165) is 0 Å². The molecule has 0 bridgehead atoms. The Morgan fingerprint density at radius 2 is 1.92 bits per heavy atom. The van der Waals surface area contributed by atoms with Gasteiger partial charge in [0.1, 0.15) is 6.04 Å². The second-order valence-corrected chi connectivity index (χ2v) is 2.07. The summed E-state index contributed by atoms with van der Waals surface area (Å²) in [7, 11) is 0. The Morgan fingerprint density at radius 1 is 1.42 bits per heavy atom. The maximum Gasteiger partial charge on any atom is 0.320 e. The van der Waals surface area contributed by atoms with Crippen molar-refractivity contribution in [3.63, 3.8) is 0 Å². The molecule has 5 N–H and O–H groups in total. The van der Waals surface area contributed by atoms with Crippen LogP contribution >= 0.6 is 0 Å². The molecule has 0 saturated carbocycles. The van der Waals surface area contributed by atoms with Crippen LogP contribution in [0.3, 0.4) is 0 Å². The minimum Gasteiger partial charge on any atom is -0.480 e. The molecule has 0 spiro atoms. The second-order valence-electron chi connectivity index (χ2n) is 2.07. The van der Waals surface area contributed by atoms with Crippen molar-refractivity contribution in [1.82, 2.24) is 5.32 Å². The summed E-state index contributed by atoms with van der Waals surface area (Å²) in [6, 6.07) is -0.758. The van der Waals surface area contributed by atoms with Crippen LogP contribution < -0.4 is 5.32 Å². The lowest BCUT2D eigenvalue weighted by Crippen LogP contribution is -2.39. The van der Waals surface area contributed by atoms with Crippen molar-refractivity contribution < 1.29 is 25.3 Å². The van der Waals surface area contributed by atoms with Crippen molar-refractivity contribution in [3.05, 3.63) is 0 Å². The fourth-order valence-electron chi connectivity index (χ4n) is 0.617. The van der Waals surface area contributed by atoms with Gasteiger partial charge in [-0.15, -0.1) is 0 Å². The Kier molecular flexibility index (Phi) is 7.36. The van der Waals surface area contributed by atoms with Gasteiger partial charge in [-0.2, -0.15) is 0 Å². The molecular formula is C6H13NO5. The van der Waals surface area contributed by atoms with Gasteiger partial charge in [0, 0.05) is 0 Å². The Morgan fingerprint density at radius 3 is 2.17 bits per heavy atom. The molecule has 0 amide bonds. The molecule has 6 nitrogen and oxygen atoms in total. The van der Waals surface area contributed by atoms with Crippen LogP contribution in [0.15, 0.2) is 0 Å². The molecule has 1 unspecified atom stereocenters. The third-order valence-electron chi connectivity index (χ3n) is 1.21. The number of carbonyl (C=O) groups is 2. The first-order chi connectivity index (χ1) is 5.07. The monoisotopic (exact) mass is 179 g/mol. The van der Waals surface area contributed by atoms with Gasteiger partial charge >= 0.3 is 11.9 Å². The number of nitrogens with one attached hydrogen (secondary N) is 1. The van der Waals surface area contributed by atoms with E-state index in [4.69, 9.17) is 10.2 Å². The van der Waals surface area contributed by atoms with Crippen molar-refractivity contribution in [2.75, 3.05) is 6.54 Å². The van der Waals surface area contributed by atoms with E-state index in [-0.39, 0.29) is 12.0 Å². The first-order valence-electron chi connectivity index (χ1n) is 3.26. The number of hydrogen-bond acceptors (Lipinski definition) is 3. The van der Waals surface area contributed by atoms with Crippen LogP contribution in [0.25, 0.3) is 0 Å². The zero-order chi connectivity index (χ0) is 8.85. The summed E-state index contributed by atoms with van der Waals surface area (Å²) in [6.45, 7) is 1.36. The Labute approximate surface area is 69.5 Å². The Balaban J connectivity index is 0. The van der Waals surface area contributed by atoms with Crippen LogP contribution in [0, 0.1) is 0 Å². The minimum atomic E-state index is -1.05. The molecule has 0 aliphatic heterocycles. The largest absolute Gasteiger partial charge is 0.480 e. The third kappa shape index (κ3) is 5.63. The van der Waals surface area contributed by atoms with Gasteiger partial charge in [-0.3, -0.25) is 14.9 Å². The summed E-state index contributed by atoms with van der Waals surface area (Å²) >= 11 is 0. The predicted octanol–water partition coefficient (Wildman–Crippen LogP) is -1.30. The fraction of sp³-hybridized carbons (Fsp3) is 0.667. The number of carboxylic acid groups (broad SMARTS) is 2. The van der Waals surface area contributed by atoms with E-state index >= 15 is 0 Å². The van der Waals surface area contributed by atoms with Crippen molar-refractivity contribution in [2.24, 2.45) is 0 Å². The van der Waals surface area contributed by atoms with Crippen LogP contribution in [0.2, 0.25) is 0 Å². The first kappa shape index (κ1) is 13.4. The average Bonchev–Trinajstić information content (AvgIpc) is 1.87. The van der Waals surface area contributed by atoms with E-state index in [2.05, 4.69) is 5.32 Å². The molecule has 0 fully saturated rings. The van der Waals surface area contributed by atoms with E-state index in [1.165, 1.54) is 0 Å². The highest BCUT2D eigenvalue weighted by Crippen LogP contribution is 1.88. The van der Waals surface area contributed by atoms with E-state index in [0.29, 0.717) is 6.42 Å². The summed E-state index contributed by atoms with van der Waals surface area (Å²) in [5.41, 5.74) is 0. The summed E-state index contributed by atoms with van der Waals surface area (Å²) in [5, 5.41) is 19.0. The van der Waals surface area contributed by atoms with Crippen molar-refractivity contribution >= 4 is 11.9 Å². The molecule has 0 aromatic heterocycles. The Bertz CT molecular complexity index is 158. The number of carboxylic acids is 2. The second kappa shape index (κ2) is 6.56. The molecule has 0 aliphatic carbocycles. The van der Waals surface area contributed by atoms with E-state index < -0.39 is 18.0 Å². The van der Waals surface area contributed by atoms with E-state index in [1.54, 1.807) is 6.92 Å². The molecule has 12 heavy (non-hydrogen) atoms. The lowest BCUT2D eigenvalue weighted by molar-refractivity contribution is -0.140. The van der Waals surface area contributed by atoms with Gasteiger partial charge in [0.2, 0.25) is 0 Å². The van der Waals surface area contributed by atoms with Gasteiger partial charge in [0.25, 0.3) is 0 Å². The Hall–Kier alpha value is -1.14. The fourth-order valence-corrected chi connectivity index (χ4v) is 0.617. The van der Waals surface area contributed by atoms with Gasteiger partial charge in [0.05, 0.1) is 6.54 Å². The third-order valence-corrected chi connectivity index (χ3v) is 1.21. The summed E-state index contributed by atoms with van der Waals surface area (Å²) in [5.74, 6) is -2.07. The smallest absolute Gasteiger partial charge is 0.320 e. The average molecular weight is 179 g/mol. The van der Waals surface area contributed by atoms with E-state index in [1.807, 2.05) is 0 Å². The van der Waals surface area contributed by atoms with Crippen molar-refractivity contribution in [1.29, 1.82) is 0 Å². The topological polar surface area (TPSA) is 118 Å². The van der Waals surface area contributed by atoms with E-state index in [9.17, 15) is 9.59 Å². The molecular weight excluding hydrogens is 166 g/mol. The maximum absolute atomic E-state index is 10.3. The van der Waals surface area contributed by atoms with Crippen molar-refractivity contribution in [2.45, 2.75) is 19.4 Å². The maximum atomic E-state index is 10.3. The molecule has 1 atom stereocenters. The van der Waals surface area contributed by atoms with Gasteiger partial charge < -0.3 is 15.7 Å². The summed E-state index contributed by atoms with van der Waals surface area (Å²) in [4.78, 5) is 20.3.